The van der Waals surface area contributed by atoms with Crippen LogP contribution >= 0.6 is 0 Å². The molecule has 0 aliphatic carbocycles. The third kappa shape index (κ3) is 2.15. The van der Waals surface area contributed by atoms with E-state index >= 15 is 0 Å². The smallest absolute Gasteiger partial charge is 0.250 e. The molecule has 0 saturated heterocycles. The summed E-state index contributed by atoms with van der Waals surface area (Å²) in [6, 6.07) is 0. The van der Waals surface area contributed by atoms with Crippen molar-refractivity contribution in [2.75, 3.05) is 7.11 Å². The number of aromatic nitrogens is 2. The lowest BCUT2D eigenvalue weighted by atomic mass is 10.1. The SMILES string of the molecule is C=Cc1nc(C(OC)C(C)C)no1. The van der Waals surface area contributed by atoms with Crippen LogP contribution in [0.3, 0.4) is 0 Å². The fourth-order valence-electron chi connectivity index (χ4n) is 1.12. The number of ether oxygens (including phenoxy) is 1. The fourth-order valence-corrected chi connectivity index (χ4v) is 1.12. The Bertz CT molecular complexity index is 281. The Balaban J connectivity index is 2.85. The average molecular weight is 182 g/mol. The Kier molecular flexibility index (Phi) is 3.19. The van der Waals surface area contributed by atoms with Crippen LogP contribution in [0.2, 0.25) is 0 Å². The van der Waals surface area contributed by atoms with E-state index in [1.54, 1.807) is 7.11 Å². The van der Waals surface area contributed by atoms with Crippen LogP contribution in [0.15, 0.2) is 11.1 Å². The molecule has 0 fully saturated rings. The van der Waals surface area contributed by atoms with Crippen LogP contribution in [0.25, 0.3) is 6.08 Å². The van der Waals surface area contributed by atoms with Gasteiger partial charge in [0.25, 0.3) is 0 Å². The molecule has 13 heavy (non-hydrogen) atoms. The van der Waals surface area contributed by atoms with Gasteiger partial charge >= 0.3 is 0 Å². The van der Waals surface area contributed by atoms with Crippen molar-refractivity contribution in [1.29, 1.82) is 0 Å². The first kappa shape index (κ1) is 9.92. The van der Waals surface area contributed by atoms with E-state index in [9.17, 15) is 0 Å². The third-order valence-corrected chi connectivity index (χ3v) is 1.75. The summed E-state index contributed by atoms with van der Waals surface area (Å²) in [7, 11) is 1.63. The van der Waals surface area contributed by atoms with Gasteiger partial charge in [0, 0.05) is 7.11 Å². The lowest BCUT2D eigenvalue weighted by Crippen LogP contribution is -2.10. The topological polar surface area (TPSA) is 48.2 Å². The predicted molar refractivity (Wildman–Crippen MR) is 49.0 cm³/mol. The van der Waals surface area contributed by atoms with Crippen molar-refractivity contribution in [3.05, 3.63) is 18.3 Å². The van der Waals surface area contributed by atoms with E-state index in [0.717, 1.165) is 0 Å². The van der Waals surface area contributed by atoms with Crippen molar-refractivity contribution in [1.82, 2.24) is 10.1 Å². The summed E-state index contributed by atoms with van der Waals surface area (Å²) in [5.74, 6) is 1.32. The zero-order valence-corrected chi connectivity index (χ0v) is 8.15. The van der Waals surface area contributed by atoms with E-state index in [1.807, 2.05) is 13.8 Å². The van der Waals surface area contributed by atoms with Gasteiger partial charge in [-0.3, -0.25) is 0 Å². The summed E-state index contributed by atoms with van der Waals surface area (Å²) in [6.07, 6.45) is 1.40. The number of hydrogen-bond donors (Lipinski definition) is 0. The normalized spacial score (nSPS) is 13.2. The Labute approximate surface area is 77.6 Å². The first-order valence-corrected chi connectivity index (χ1v) is 4.18. The Morgan fingerprint density at radius 2 is 2.23 bits per heavy atom. The molecule has 1 unspecified atom stereocenters. The zero-order valence-electron chi connectivity index (χ0n) is 8.15. The molecule has 0 N–H and O–H groups in total. The second kappa shape index (κ2) is 4.18. The highest BCUT2D eigenvalue weighted by molar-refractivity contribution is 5.32. The van der Waals surface area contributed by atoms with Gasteiger partial charge in [0.1, 0.15) is 6.10 Å². The van der Waals surface area contributed by atoms with Crippen molar-refractivity contribution in [3.8, 4) is 0 Å². The lowest BCUT2D eigenvalue weighted by Gasteiger charge is -2.14. The first-order chi connectivity index (χ1) is 6.19. The molecular weight excluding hydrogens is 168 g/mol. The second-order valence-electron chi connectivity index (χ2n) is 3.10. The van der Waals surface area contributed by atoms with E-state index < -0.39 is 0 Å². The minimum Gasteiger partial charge on any atom is -0.373 e. The van der Waals surface area contributed by atoms with Gasteiger partial charge in [-0.05, 0) is 12.0 Å². The summed E-state index contributed by atoms with van der Waals surface area (Å²) >= 11 is 0. The quantitative estimate of drug-likeness (QED) is 0.715. The molecule has 1 rings (SSSR count). The number of rotatable bonds is 4. The van der Waals surface area contributed by atoms with Crippen LogP contribution < -0.4 is 0 Å². The fraction of sp³-hybridized carbons (Fsp3) is 0.556. The van der Waals surface area contributed by atoms with Crippen molar-refractivity contribution in [2.24, 2.45) is 5.92 Å². The lowest BCUT2D eigenvalue weighted by molar-refractivity contribution is 0.0555. The maximum atomic E-state index is 5.24. The van der Waals surface area contributed by atoms with E-state index in [0.29, 0.717) is 17.6 Å². The van der Waals surface area contributed by atoms with Gasteiger partial charge in [-0.15, -0.1) is 0 Å². The van der Waals surface area contributed by atoms with Crippen LogP contribution in [0, 0.1) is 5.92 Å². The summed E-state index contributed by atoms with van der Waals surface area (Å²) in [6.45, 7) is 7.62. The summed E-state index contributed by atoms with van der Waals surface area (Å²) in [5.41, 5.74) is 0. The molecule has 4 nitrogen and oxygen atoms in total. The van der Waals surface area contributed by atoms with Gasteiger partial charge in [-0.2, -0.15) is 4.98 Å². The number of hydrogen-bond acceptors (Lipinski definition) is 4. The van der Waals surface area contributed by atoms with Gasteiger partial charge in [0.05, 0.1) is 0 Å². The van der Waals surface area contributed by atoms with E-state index in [-0.39, 0.29) is 6.10 Å². The second-order valence-corrected chi connectivity index (χ2v) is 3.10. The molecule has 4 heteroatoms. The average Bonchev–Trinajstić information content (AvgIpc) is 2.53. The molecule has 0 aromatic carbocycles. The van der Waals surface area contributed by atoms with E-state index in [4.69, 9.17) is 9.26 Å². The van der Waals surface area contributed by atoms with Crippen LogP contribution in [0.4, 0.5) is 0 Å². The summed E-state index contributed by atoms with van der Waals surface area (Å²) < 4.78 is 10.1. The molecule has 0 amide bonds. The van der Waals surface area contributed by atoms with Crippen molar-refractivity contribution >= 4 is 6.08 Å². The molecule has 0 bridgehead atoms. The summed E-state index contributed by atoms with van der Waals surface area (Å²) in [5, 5.41) is 3.80. The Morgan fingerprint density at radius 3 is 2.62 bits per heavy atom. The largest absolute Gasteiger partial charge is 0.373 e. The predicted octanol–water partition coefficient (Wildman–Crippen LogP) is 2.06. The number of nitrogens with zero attached hydrogens (tertiary/aromatic N) is 2. The van der Waals surface area contributed by atoms with Gasteiger partial charge in [-0.1, -0.05) is 25.6 Å². The van der Waals surface area contributed by atoms with Gasteiger partial charge < -0.3 is 9.26 Å². The Hall–Kier alpha value is -1.16. The number of methoxy groups -OCH3 is 1. The minimum absolute atomic E-state index is 0.113. The molecule has 1 aromatic rings. The highest BCUT2D eigenvalue weighted by Crippen LogP contribution is 2.22. The van der Waals surface area contributed by atoms with Gasteiger partial charge in [-0.25, -0.2) is 0 Å². The molecule has 1 heterocycles. The highest BCUT2D eigenvalue weighted by atomic mass is 16.5. The van der Waals surface area contributed by atoms with Crippen LogP contribution in [-0.4, -0.2) is 17.3 Å². The molecule has 1 aromatic heterocycles. The van der Waals surface area contributed by atoms with E-state index in [2.05, 4.69) is 16.7 Å². The molecule has 0 aliphatic heterocycles. The Morgan fingerprint density at radius 1 is 1.54 bits per heavy atom. The summed E-state index contributed by atoms with van der Waals surface area (Å²) in [4.78, 5) is 4.10. The molecule has 72 valence electrons. The van der Waals surface area contributed by atoms with Gasteiger partial charge in [0.15, 0.2) is 0 Å². The van der Waals surface area contributed by atoms with Crippen LogP contribution in [0.5, 0.6) is 0 Å². The molecular formula is C9H14N2O2. The molecule has 0 aliphatic rings. The molecule has 0 radical (unpaired) electrons. The molecule has 0 spiro atoms. The van der Waals surface area contributed by atoms with Crippen molar-refractivity contribution < 1.29 is 9.26 Å². The van der Waals surface area contributed by atoms with E-state index in [1.165, 1.54) is 6.08 Å². The maximum absolute atomic E-state index is 5.24. The molecule has 1 atom stereocenters. The maximum Gasteiger partial charge on any atom is 0.250 e. The minimum atomic E-state index is -0.113. The highest BCUT2D eigenvalue weighted by Gasteiger charge is 2.20. The zero-order chi connectivity index (χ0) is 9.84. The van der Waals surface area contributed by atoms with Crippen LogP contribution in [-0.2, 0) is 4.74 Å². The first-order valence-electron chi connectivity index (χ1n) is 4.18. The van der Waals surface area contributed by atoms with Crippen molar-refractivity contribution in [2.45, 2.75) is 20.0 Å². The van der Waals surface area contributed by atoms with Crippen molar-refractivity contribution in [3.63, 3.8) is 0 Å². The van der Waals surface area contributed by atoms with Crippen LogP contribution in [0.1, 0.15) is 31.7 Å². The monoisotopic (exact) mass is 182 g/mol. The third-order valence-electron chi connectivity index (χ3n) is 1.75. The van der Waals surface area contributed by atoms with Gasteiger partial charge in [0.2, 0.25) is 11.7 Å². The standard InChI is InChI=1S/C9H14N2O2/c1-5-7-10-9(11-13-7)8(12-4)6(2)3/h5-6,8H,1H2,2-4H3. The molecule has 0 saturated carbocycles.